The van der Waals surface area contributed by atoms with Crippen LogP contribution in [0, 0.1) is 5.82 Å². The van der Waals surface area contributed by atoms with Gasteiger partial charge in [0, 0.05) is 17.1 Å². The Balaban J connectivity index is 1.69. The highest BCUT2D eigenvalue weighted by Crippen LogP contribution is 2.19. The first kappa shape index (κ1) is 15.4. The Hall–Kier alpha value is -0.950. The largest absolute Gasteiger partial charge is 0.389 e. The van der Waals surface area contributed by atoms with Crippen LogP contribution in [-0.2, 0) is 11.3 Å². The summed E-state index contributed by atoms with van der Waals surface area (Å²) >= 11 is 4.74. The van der Waals surface area contributed by atoms with Crippen LogP contribution in [-0.4, -0.2) is 24.4 Å². The van der Waals surface area contributed by atoms with Gasteiger partial charge in [0.25, 0.3) is 0 Å². The third-order valence-electron chi connectivity index (χ3n) is 2.60. The fourth-order valence-electron chi connectivity index (χ4n) is 1.59. The van der Waals surface area contributed by atoms with Crippen molar-refractivity contribution < 1.29 is 14.2 Å². The van der Waals surface area contributed by atoms with Crippen LogP contribution in [0.25, 0.3) is 0 Å². The third-order valence-corrected chi connectivity index (χ3v) is 4.05. The fourth-order valence-corrected chi connectivity index (χ4v) is 2.61. The van der Waals surface area contributed by atoms with Gasteiger partial charge in [0.2, 0.25) is 0 Å². The lowest BCUT2D eigenvalue weighted by Crippen LogP contribution is -2.24. The van der Waals surface area contributed by atoms with Crippen LogP contribution in [0.1, 0.15) is 4.88 Å². The van der Waals surface area contributed by atoms with Crippen molar-refractivity contribution >= 4 is 33.0 Å². The van der Waals surface area contributed by atoms with Gasteiger partial charge >= 0.3 is 0 Å². The van der Waals surface area contributed by atoms with Crippen molar-refractivity contribution in [1.82, 2.24) is 0 Å². The van der Waals surface area contributed by atoms with Gasteiger partial charge in [-0.3, -0.25) is 0 Å². The van der Waals surface area contributed by atoms with Gasteiger partial charge in [-0.05, 0) is 45.6 Å². The van der Waals surface area contributed by atoms with Crippen molar-refractivity contribution in [2.75, 3.05) is 18.5 Å². The van der Waals surface area contributed by atoms with Gasteiger partial charge < -0.3 is 15.2 Å². The Morgan fingerprint density at radius 2 is 2.25 bits per heavy atom. The molecule has 1 heterocycles. The number of hydrogen-bond donors (Lipinski definition) is 2. The van der Waals surface area contributed by atoms with Gasteiger partial charge in [-0.2, -0.15) is 0 Å². The number of hydrogen-bond acceptors (Lipinski definition) is 4. The van der Waals surface area contributed by atoms with Crippen LogP contribution in [0.15, 0.2) is 40.2 Å². The van der Waals surface area contributed by atoms with Gasteiger partial charge in [0.1, 0.15) is 5.82 Å². The first-order chi connectivity index (χ1) is 9.65. The molecule has 3 nitrogen and oxygen atoms in total. The minimum atomic E-state index is -0.612. The number of ether oxygens (including phenoxy) is 1. The number of anilines is 1. The molecule has 1 aromatic carbocycles. The average molecular weight is 360 g/mol. The van der Waals surface area contributed by atoms with Crippen molar-refractivity contribution in [1.29, 1.82) is 0 Å². The molecule has 0 aliphatic rings. The highest BCUT2D eigenvalue weighted by Gasteiger charge is 2.06. The van der Waals surface area contributed by atoms with E-state index in [9.17, 15) is 9.50 Å². The van der Waals surface area contributed by atoms with Crippen LogP contribution in [0.5, 0.6) is 0 Å². The summed E-state index contributed by atoms with van der Waals surface area (Å²) in [6, 6.07) is 8.58. The Bertz CT molecular complexity index is 536. The summed E-state index contributed by atoms with van der Waals surface area (Å²) in [6.07, 6.45) is -0.612. The van der Waals surface area contributed by atoms with E-state index in [4.69, 9.17) is 4.74 Å². The maximum atomic E-state index is 13.1. The Labute approximate surface area is 129 Å². The number of aliphatic hydroxyl groups excluding tert-OH is 1. The van der Waals surface area contributed by atoms with Crippen LogP contribution in [0.2, 0.25) is 0 Å². The molecule has 2 rings (SSSR count). The van der Waals surface area contributed by atoms with Crippen LogP contribution < -0.4 is 5.32 Å². The predicted octanol–water partition coefficient (Wildman–Crippen LogP) is 3.64. The molecule has 0 radical (unpaired) electrons. The van der Waals surface area contributed by atoms with E-state index in [1.54, 1.807) is 23.5 Å². The molecular weight excluding hydrogens is 345 g/mol. The minimum absolute atomic E-state index is 0.257. The molecule has 0 spiro atoms. The average Bonchev–Trinajstić information content (AvgIpc) is 2.93. The van der Waals surface area contributed by atoms with Gasteiger partial charge in [0.05, 0.1) is 23.8 Å². The normalized spacial score (nSPS) is 12.3. The number of aliphatic hydroxyl groups is 1. The number of rotatable bonds is 7. The van der Waals surface area contributed by atoms with E-state index in [0.717, 1.165) is 10.6 Å². The van der Waals surface area contributed by atoms with Crippen molar-refractivity contribution in [3.8, 4) is 0 Å². The maximum absolute atomic E-state index is 13.1. The van der Waals surface area contributed by atoms with Gasteiger partial charge in [-0.15, -0.1) is 11.3 Å². The van der Waals surface area contributed by atoms with E-state index in [1.165, 1.54) is 6.07 Å². The van der Waals surface area contributed by atoms with E-state index < -0.39 is 6.10 Å². The zero-order valence-corrected chi connectivity index (χ0v) is 13.1. The number of benzene rings is 1. The van der Waals surface area contributed by atoms with Crippen molar-refractivity contribution in [2.24, 2.45) is 0 Å². The molecule has 0 aliphatic carbocycles. The maximum Gasteiger partial charge on any atom is 0.137 e. The fraction of sp³-hybridized carbons (Fsp3) is 0.286. The summed E-state index contributed by atoms with van der Waals surface area (Å²) in [7, 11) is 0. The van der Waals surface area contributed by atoms with Gasteiger partial charge in [-0.25, -0.2) is 4.39 Å². The standard InChI is InChI=1S/C14H15BrFNO2S/c15-13-6-10(3-4-14(13)16)17-7-11(18)8-19-9-12-2-1-5-20-12/h1-6,11,17-18H,7-9H2. The van der Waals surface area contributed by atoms with Gasteiger partial charge in [-0.1, -0.05) is 6.07 Å². The number of halogens is 2. The molecule has 0 aliphatic heterocycles. The second-order valence-corrected chi connectivity index (χ2v) is 6.14. The lowest BCUT2D eigenvalue weighted by atomic mass is 10.3. The molecule has 0 saturated carbocycles. The van der Waals surface area contributed by atoms with Crippen molar-refractivity contribution in [2.45, 2.75) is 12.7 Å². The Morgan fingerprint density at radius 3 is 2.95 bits per heavy atom. The van der Waals surface area contributed by atoms with E-state index in [1.807, 2.05) is 17.5 Å². The molecule has 0 saturated heterocycles. The van der Waals surface area contributed by atoms with Crippen LogP contribution >= 0.6 is 27.3 Å². The highest BCUT2D eigenvalue weighted by molar-refractivity contribution is 9.10. The van der Waals surface area contributed by atoms with E-state index in [0.29, 0.717) is 17.6 Å². The first-order valence-corrected chi connectivity index (χ1v) is 7.79. The lowest BCUT2D eigenvalue weighted by Gasteiger charge is -2.13. The number of nitrogens with one attached hydrogen (secondary N) is 1. The third kappa shape index (κ3) is 4.86. The lowest BCUT2D eigenvalue weighted by molar-refractivity contribution is 0.0359. The predicted molar refractivity (Wildman–Crippen MR) is 82.6 cm³/mol. The van der Waals surface area contributed by atoms with Crippen molar-refractivity contribution in [3.63, 3.8) is 0 Å². The van der Waals surface area contributed by atoms with E-state index in [2.05, 4.69) is 21.2 Å². The minimum Gasteiger partial charge on any atom is -0.389 e. The second-order valence-electron chi connectivity index (χ2n) is 4.26. The van der Waals surface area contributed by atoms with Crippen molar-refractivity contribution in [3.05, 3.63) is 50.9 Å². The smallest absolute Gasteiger partial charge is 0.137 e. The summed E-state index contributed by atoms with van der Waals surface area (Å²) in [6.45, 7) is 1.12. The molecule has 0 fully saturated rings. The zero-order valence-electron chi connectivity index (χ0n) is 10.7. The summed E-state index contributed by atoms with van der Waals surface area (Å²) in [5.74, 6) is -0.310. The van der Waals surface area contributed by atoms with Crippen LogP contribution in [0.4, 0.5) is 10.1 Å². The molecule has 1 aromatic heterocycles. The topological polar surface area (TPSA) is 41.5 Å². The second kappa shape index (κ2) is 7.73. The molecule has 1 atom stereocenters. The highest BCUT2D eigenvalue weighted by atomic mass is 79.9. The monoisotopic (exact) mass is 359 g/mol. The SMILES string of the molecule is OC(CNc1ccc(F)c(Br)c1)COCc1cccs1. The quantitative estimate of drug-likeness (QED) is 0.792. The summed E-state index contributed by atoms with van der Waals surface area (Å²) in [4.78, 5) is 1.13. The molecular formula is C14H15BrFNO2S. The molecule has 108 valence electrons. The summed E-state index contributed by atoms with van der Waals surface area (Å²) in [5, 5.41) is 14.8. The Kier molecular flexibility index (Phi) is 5.97. The molecule has 0 amide bonds. The summed E-state index contributed by atoms with van der Waals surface area (Å²) < 4.78 is 18.9. The first-order valence-electron chi connectivity index (χ1n) is 6.12. The summed E-state index contributed by atoms with van der Waals surface area (Å²) in [5.41, 5.74) is 0.746. The van der Waals surface area contributed by atoms with Crippen LogP contribution in [0.3, 0.4) is 0 Å². The van der Waals surface area contributed by atoms with E-state index >= 15 is 0 Å². The zero-order chi connectivity index (χ0) is 14.4. The molecule has 6 heteroatoms. The molecule has 0 bridgehead atoms. The molecule has 2 aromatic rings. The van der Waals surface area contributed by atoms with Gasteiger partial charge in [0.15, 0.2) is 0 Å². The molecule has 2 N–H and O–H groups in total. The molecule has 20 heavy (non-hydrogen) atoms. The Morgan fingerprint density at radius 1 is 1.40 bits per heavy atom. The number of thiophene rings is 1. The van der Waals surface area contributed by atoms with E-state index in [-0.39, 0.29) is 12.4 Å². The molecule has 1 unspecified atom stereocenters.